The lowest BCUT2D eigenvalue weighted by atomic mass is 10.1. The zero-order chi connectivity index (χ0) is 16.7. The van der Waals surface area contributed by atoms with E-state index in [1.54, 1.807) is 12.1 Å². The highest BCUT2D eigenvalue weighted by Gasteiger charge is 2.21. The topological polar surface area (TPSA) is 72.6 Å². The van der Waals surface area contributed by atoms with Gasteiger partial charge >= 0.3 is 0 Å². The Balaban J connectivity index is 1.51. The fourth-order valence-corrected chi connectivity index (χ4v) is 4.03. The zero-order valence-electron chi connectivity index (χ0n) is 13.4. The van der Waals surface area contributed by atoms with E-state index in [9.17, 15) is 8.42 Å². The van der Waals surface area contributed by atoms with Crippen molar-refractivity contribution in [2.45, 2.75) is 24.2 Å². The molecule has 2 aromatic rings. The largest absolute Gasteiger partial charge is 0.493 e. The Bertz CT molecular complexity index is 893. The summed E-state index contributed by atoms with van der Waals surface area (Å²) in [4.78, 5) is 2.43. The van der Waals surface area contributed by atoms with Crippen LogP contribution in [0.2, 0.25) is 0 Å². The van der Waals surface area contributed by atoms with E-state index in [0.29, 0.717) is 0 Å². The predicted molar refractivity (Wildman–Crippen MR) is 93.1 cm³/mol. The van der Waals surface area contributed by atoms with Crippen molar-refractivity contribution >= 4 is 15.7 Å². The summed E-state index contributed by atoms with van der Waals surface area (Å²) < 4.78 is 28.7. The first-order valence-electron chi connectivity index (χ1n) is 8.16. The van der Waals surface area contributed by atoms with E-state index in [1.165, 1.54) is 16.7 Å². The van der Waals surface area contributed by atoms with Crippen LogP contribution in [0.25, 0.3) is 0 Å². The van der Waals surface area contributed by atoms with Crippen LogP contribution < -0.4 is 14.8 Å². The van der Waals surface area contributed by atoms with Crippen LogP contribution in [-0.2, 0) is 29.3 Å². The van der Waals surface area contributed by atoms with Gasteiger partial charge in [-0.2, -0.15) is 0 Å². The fraction of sp³-hybridized carbons (Fsp3) is 0.333. The number of fused-ring (bicyclic) bond motifs is 2. The molecule has 2 aromatic carbocycles. The van der Waals surface area contributed by atoms with E-state index in [4.69, 9.17) is 9.88 Å². The van der Waals surface area contributed by atoms with Crippen LogP contribution in [0.3, 0.4) is 0 Å². The molecule has 0 amide bonds. The van der Waals surface area contributed by atoms with Gasteiger partial charge in [-0.05, 0) is 47.7 Å². The molecule has 2 aliphatic rings. The molecule has 0 unspecified atom stereocenters. The summed E-state index contributed by atoms with van der Waals surface area (Å²) in [7, 11) is -3.66. The number of hydrogen-bond donors (Lipinski definition) is 1. The second kappa shape index (κ2) is 5.79. The van der Waals surface area contributed by atoms with Gasteiger partial charge in [0.1, 0.15) is 5.75 Å². The summed E-state index contributed by atoms with van der Waals surface area (Å²) in [6.45, 7) is 2.55. The van der Waals surface area contributed by atoms with Crippen molar-refractivity contribution in [2.24, 2.45) is 5.14 Å². The lowest BCUT2D eigenvalue weighted by Gasteiger charge is -2.20. The minimum atomic E-state index is -3.66. The number of ether oxygens (including phenoxy) is 1. The molecule has 0 radical (unpaired) electrons. The highest BCUT2D eigenvalue weighted by atomic mass is 32.2. The maximum Gasteiger partial charge on any atom is 0.238 e. The van der Waals surface area contributed by atoms with E-state index < -0.39 is 10.0 Å². The minimum Gasteiger partial charge on any atom is -0.493 e. The molecule has 5 nitrogen and oxygen atoms in total. The molecular weight excluding hydrogens is 324 g/mol. The van der Waals surface area contributed by atoms with Gasteiger partial charge in [0.15, 0.2) is 0 Å². The number of nitrogens with zero attached hydrogens (tertiary/aromatic N) is 1. The SMILES string of the molecule is NS(=O)(=O)c1ccc2c(c1)N(CCc1ccc3c(c1)CCO3)CC2. The van der Waals surface area contributed by atoms with Gasteiger partial charge in [-0.1, -0.05) is 18.2 Å². The summed E-state index contributed by atoms with van der Waals surface area (Å²) in [6, 6.07) is 11.6. The molecule has 126 valence electrons. The van der Waals surface area contributed by atoms with Crippen LogP contribution in [-0.4, -0.2) is 28.1 Å². The fourth-order valence-electron chi connectivity index (χ4n) is 3.49. The maximum absolute atomic E-state index is 11.6. The second-order valence-corrected chi connectivity index (χ2v) is 7.92. The number of sulfonamides is 1. The molecule has 2 N–H and O–H groups in total. The Morgan fingerprint density at radius 1 is 1.08 bits per heavy atom. The summed E-state index contributed by atoms with van der Waals surface area (Å²) in [5.41, 5.74) is 4.75. The molecule has 6 heteroatoms. The third-order valence-electron chi connectivity index (χ3n) is 4.80. The minimum absolute atomic E-state index is 0.183. The molecule has 2 heterocycles. The third kappa shape index (κ3) is 2.87. The van der Waals surface area contributed by atoms with E-state index in [2.05, 4.69) is 23.1 Å². The predicted octanol–water partition coefficient (Wildman–Crippen LogP) is 1.87. The van der Waals surface area contributed by atoms with Crippen LogP contribution in [0.15, 0.2) is 41.3 Å². The van der Waals surface area contributed by atoms with Crippen molar-refractivity contribution in [1.29, 1.82) is 0 Å². The highest BCUT2D eigenvalue weighted by molar-refractivity contribution is 7.89. The Kier molecular flexibility index (Phi) is 3.73. The molecule has 0 spiro atoms. The third-order valence-corrected chi connectivity index (χ3v) is 5.71. The summed E-state index contributed by atoms with van der Waals surface area (Å²) >= 11 is 0. The Morgan fingerprint density at radius 2 is 1.96 bits per heavy atom. The smallest absolute Gasteiger partial charge is 0.238 e. The van der Waals surface area contributed by atoms with Gasteiger partial charge < -0.3 is 9.64 Å². The molecule has 0 atom stereocenters. The van der Waals surface area contributed by atoms with Gasteiger partial charge in [0.2, 0.25) is 10.0 Å². The quantitative estimate of drug-likeness (QED) is 0.919. The zero-order valence-corrected chi connectivity index (χ0v) is 14.2. The molecule has 0 saturated carbocycles. The number of rotatable bonds is 4. The van der Waals surface area contributed by atoms with Crippen molar-refractivity contribution < 1.29 is 13.2 Å². The Hall–Kier alpha value is -2.05. The molecular formula is C18H20N2O3S. The van der Waals surface area contributed by atoms with Crippen LogP contribution in [0.5, 0.6) is 5.75 Å². The Morgan fingerprint density at radius 3 is 2.79 bits per heavy atom. The highest BCUT2D eigenvalue weighted by Crippen LogP contribution is 2.31. The molecule has 0 aliphatic carbocycles. The van der Waals surface area contributed by atoms with Gasteiger partial charge in [-0.25, -0.2) is 13.6 Å². The van der Waals surface area contributed by atoms with E-state index in [-0.39, 0.29) is 4.90 Å². The van der Waals surface area contributed by atoms with Gasteiger partial charge in [-0.3, -0.25) is 0 Å². The second-order valence-electron chi connectivity index (χ2n) is 6.36. The molecule has 0 fully saturated rings. The monoisotopic (exact) mass is 344 g/mol. The van der Waals surface area contributed by atoms with Crippen LogP contribution in [0, 0.1) is 0 Å². The first-order chi connectivity index (χ1) is 11.5. The number of primary sulfonamides is 1. The standard InChI is InChI=1S/C18H20N2O3S/c19-24(21,22)16-3-2-14-6-9-20(17(14)12-16)8-5-13-1-4-18-15(11-13)7-10-23-18/h1-4,11-12H,5-10H2,(H2,19,21,22). The first kappa shape index (κ1) is 15.5. The van der Waals surface area contributed by atoms with Crippen molar-refractivity contribution in [3.05, 3.63) is 53.1 Å². The summed E-state index contributed by atoms with van der Waals surface area (Å²) in [5, 5.41) is 5.26. The van der Waals surface area contributed by atoms with Crippen LogP contribution in [0.1, 0.15) is 16.7 Å². The van der Waals surface area contributed by atoms with Crippen molar-refractivity contribution in [1.82, 2.24) is 0 Å². The maximum atomic E-state index is 11.6. The van der Waals surface area contributed by atoms with Gasteiger partial charge in [0, 0.05) is 25.2 Å². The normalized spacial score (nSPS) is 16.0. The van der Waals surface area contributed by atoms with Crippen molar-refractivity contribution in [2.75, 3.05) is 24.6 Å². The van der Waals surface area contributed by atoms with Crippen molar-refractivity contribution in [3.63, 3.8) is 0 Å². The van der Waals surface area contributed by atoms with E-state index in [0.717, 1.165) is 50.4 Å². The molecule has 0 aromatic heterocycles. The number of anilines is 1. The average Bonchev–Trinajstić information content (AvgIpc) is 3.17. The molecule has 2 aliphatic heterocycles. The van der Waals surface area contributed by atoms with Crippen LogP contribution >= 0.6 is 0 Å². The van der Waals surface area contributed by atoms with Crippen molar-refractivity contribution in [3.8, 4) is 5.75 Å². The lowest BCUT2D eigenvalue weighted by Crippen LogP contribution is -2.23. The number of nitrogens with two attached hydrogens (primary N) is 1. The first-order valence-corrected chi connectivity index (χ1v) is 9.71. The van der Waals surface area contributed by atoms with Crippen LogP contribution in [0.4, 0.5) is 5.69 Å². The molecule has 4 rings (SSSR count). The lowest BCUT2D eigenvalue weighted by molar-refractivity contribution is 0.357. The van der Waals surface area contributed by atoms with Gasteiger partial charge in [0.25, 0.3) is 0 Å². The van der Waals surface area contributed by atoms with Gasteiger partial charge in [0.05, 0.1) is 11.5 Å². The molecule has 0 bridgehead atoms. The van der Waals surface area contributed by atoms with E-state index >= 15 is 0 Å². The average molecular weight is 344 g/mol. The number of hydrogen-bond acceptors (Lipinski definition) is 4. The number of benzene rings is 2. The molecule has 0 saturated heterocycles. The molecule has 24 heavy (non-hydrogen) atoms. The Labute approximate surface area is 142 Å². The summed E-state index contributed by atoms with van der Waals surface area (Å²) in [5.74, 6) is 1.00. The van der Waals surface area contributed by atoms with E-state index in [1.807, 2.05) is 6.07 Å². The van der Waals surface area contributed by atoms with Gasteiger partial charge in [-0.15, -0.1) is 0 Å². The summed E-state index contributed by atoms with van der Waals surface area (Å²) in [6.07, 6.45) is 2.85.